The van der Waals surface area contributed by atoms with Crippen LogP contribution in [0.2, 0.25) is 0 Å². The van der Waals surface area contributed by atoms with Gasteiger partial charge >= 0.3 is 5.97 Å². The van der Waals surface area contributed by atoms with Crippen molar-refractivity contribution in [2.45, 2.75) is 19.9 Å². The topological polar surface area (TPSA) is 130 Å². The average Bonchev–Trinajstić information content (AvgIpc) is 3.30. The van der Waals surface area contributed by atoms with Crippen molar-refractivity contribution in [1.29, 1.82) is 0 Å². The molecule has 3 aromatic rings. The number of nitrogens with one attached hydrogen (secondary N) is 1. The largest absolute Gasteiger partial charge is 0.493 e. The van der Waals surface area contributed by atoms with E-state index in [1.807, 2.05) is 0 Å². The summed E-state index contributed by atoms with van der Waals surface area (Å²) >= 11 is 1.17. The Balaban J connectivity index is 1.72. The van der Waals surface area contributed by atoms with Crippen LogP contribution in [0.4, 0.5) is 11.4 Å². The monoisotopic (exact) mass is 608 g/mol. The Labute approximate surface area is 251 Å². The van der Waals surface area contributed by atoms with Gasteiger partial charge in [-0.1, -0.05) is 17.4 Å². The number of benzene rings is 2. The number of aromatic nitrogens is 1. The highest BCUT2D eigenvalue weighted by Crippen LogP contribution is 2.36. The van der Waals surface area contributed by atoms with Gasteiger partial charge in [-0.15, -0.1) is 0 Å². The Morgan fingerprint density at radius 3 is 2.53 bits per heavy atom. The molecule has 13 heteroatoms. The number of hydrogen-bond donors (Lipinski definition) is 1. The lowest BCUT2D eigenvalue weighted by atomic mass is 9.95. The highest BCUT2D eigenvalue weighted by molar-refractivity contribution is 7.07. The number of carbonyl (C=O) groups excluding carboxylic acids is 1. The minimum absolute atomic E-state index is 0.0637. The molecule has 0 aliphatic carbocycles. The van der Waals surface area contributed by atoms with Crippen molar-refractivity contribution < 1.29 is 28.8 Å². The van der Waals surface area contributed by atoms with Crippen molar-refractivity contribution in [1.82, 2.24) is 4.57 Å². The minimum atomic E-state index is -0.845. The molecule has 1 N–H and O–H groups in total. The summed E-state index contributed by atoms with van der Waals surface area (Å²) in [6.45, 7) is 7.01. The number of non-ortho nitro benzene ring substituents is 1. The van der Waals surface area contributed by atoms with Crippen LogP contribution in [0.15, 0.2) is 57.5 Å². The fraction of sp³-hybridized carbons (Fsp3) is 0.367. The molecule has 0 unspecified atom stereocenters. The van der Waals surface area contributed by atoms with Gasteiger partial charge in [-0.3, -0.25) is 19.5 Å². The highest BCUT2D eigenvalue weighted by atomic mass is 32.1. The molecule has 2 aromatic carbocycles. The molecule has 5 rings (SSSR count). The van der Waals surface area contributed by atoms with Crippen molar-refractivity contribution in [2.24, 2.45) is 4.99 Å². The van der Waals surface area contributed by atoms with E-state index in [0.29, 0.717) is 37.7 Å². The zero-order valence-corrected chi connectivity index (χ0v) is 25.5. The van der Waals surface area contributed by atoms with Gasteiger partial charge in [-0.05, 0) is 43.7 Å². The zero-order valence-electron chi connectivity index (χ0n) is 24.7. The summed E-state index contributed by atoms with van der Waals surface area (Å²) in [5.74, 6) is 0.368. The maximum atomic E-state index is 14.2. The standard InChI is InChI=1S/C30H33N5O7S/c1-6-42-29(37)26-18(2)31-30-34(27(26)19-7-10-23(40-4)24(16-19)41-5)28(36)25(43-30)17-20-15-21(35(38)39)8-9-22(20)33-13-11-32(3)12-14-33/h7-10,15-17,27H,6,11-14H2,1-5H3/p+1/b25-17+/t27-/m0/s1. The average molecular weight is 609 g/mol. The number of carbonyl (C=O) groups is 1. The van der Waals surface area contributed by atoms with E-state index in [1.165, 1.54) is 47.2 Å². The lowest BCUT2D eigenvalue weighted by Gasteiger charge is -2.32. The summed E-state index contributed by atoms with van der Waals surface area (Å²) in [5, 5.41) is 11.7. The number of thiazole rings is 1. The first kappa shape index (κ1) is 30.0. The van der Waals surface area contributed by atoms with Crippen molar-refractivity contribution in [3.63, 3.8) is 0 Å². The number of likely N-dealkylation sites (N-methyl/N-ethyl adjacent to an activating group) is 1. The fourth-order valence-electron chi connectivity index (χ4n) is 5.46. The Kier molecular flexibility index (Phi) is 8.64. The van der Waals surface area contributed by atoms with E-state index in [9.17, 15) is 19.7 Å². The number of nitro groups is 1. The van der Waals surface area contributed by atoms with Crippen molar-refractivity contribution in [2.75, 3.05) is 59.0 Å². The molecule has 12 nitrogen and oxygen atoms in total. The molecule has 0 saturated carbocycles. The fourth-order valence-corrected chi connectivity index (χ4v) is 6.50. The maximum absolute atomic E-state index is 14.2. The second-order valence-electron chi connectivity index (χ2n) is 10.4. The van der Waals surface area contributed by atoms with Crippen LogP contribution >= 0.6 is 11.3 Å². The molecule has 2 aliphatic heterocycles. The van der Waals surface area contributed by atoms with Crippen LogP contribution in [0.5, 0.6) is 11.5 Å². The van der Waals surface area contributed by atoms with Gasteiger partial charge < -0.3 is 24.0 Å². The van der Waals surface area contributed by atoms with E-state index in [4.69, 9.17) is 14.2 Å². The number of quaternary nitrogens is 1. The number of nitrogens with zero attached hydrogens (tertiary/aromatic N) is 4. The Bertz CT molecular complexity index is 1790. The molecular weight excluding hydrogens is 574 g/mol. The molecule has 2 aliphatic rings. The third-order valence-corrected chi connectivity index (χ3v) is 8.69. The lowest BCUT2D eigenvalue weighted by Crippen LogP contribution is -3.12. The molecule has 1 saturated heterocycles. The van der Waals surface area contributed by atoms with E-state index >= 15 is 0 Å². The summed E-state index contributed by atoms with van der Waals surface area (Å²) in [7, 11) is 5.18. The number of piperazine rings is 1. The quantitative estimate of drug-likeness (QED) is 0.228. The summed E-state index contributed by atoms with van der Waals surface area (Å²) in [6, 6.07) is 9.11. The van der Waals surface area contributed by atoms with Gasteiger partial charge in [-0.2, -0.15) is 0 Å². The first-order chi connectivity index (χ1) is 20.7. The van der Waals surface area contributed by atoms with Gasteiger partial charge in [0.05, 0.1) is 80.8 Å². The molecule has 0 bridgehead atoms. The number of rotatable bonds is 8. The molecule has 0 amide bonds. The van der Waals surface area contributed by atoms with Crippen LogP contribution in [0.3, 0.4) is 0 Å². The highest BCUT2D eigenvalue weighted by Gasteiger charge is 2.34. The van der Waals surface area contributed by atoms with E-state index in [2.05, 4.69) is 16.9 Å². The Morgan fingerprint density at radius 1 is 1.16 bits per heavy atom. The number of fused-ring (bicyclic) bond motifs is 1. The van der Waals surface area contributed by atoms with Crippen LogP contribution in [-0.4, -0.2) is 69.5 Å². The number of esters is 1. The van der Waals surface area contributed by atoms with E-state index < -0.39 is 16.9 Å². The number of anilines is 1. The number of methoxy groups -OCH3 is 2. The maximum Gasteiger partial charge on any atom is 0.338 e. The predicted molar refractivity (Wildman–Crippen MR) is 162 cm³/mol. The molecule has 43 heavy (non-hydrogen) atoms. The molecule has 1 fully saturated rings. The third kappa shape index (κ3) is 5.77. The summed E-state index contributed by atoms with van der Waals surface area (Å²) < 4.78 is 18.1. The second-order valence-corrected chi connectivity index (χ2v) is 11.4. The Morgan fingerprint density at radius 2 is 1.88 bits per heavy atom. The predicted octanol–water partition coefficient (Wildman–Crippen LogP) is 1.06. The molecule has 3 heterocycles. The number of ether oxygens (including phenoxy) is 3. The van der Waals surface area contributed by atoms with Crippen molar-refractivity contribution in [3.8, 4) is 11.5 Å². The van der Waals surface area contributed by atoms with Gasteiger partial charge in [0, 0.05) is 23.4 Å². The van der Waals surface area contributed by atoms with E-state index in [0.717, 1.165) is 31.9 Å². The molecular formula is C30H34N5O7S+. The third-order valence-electron chi connectivity index (χ3n) is 7.71. The molecule has 226 valence electrons. The summed E-state index contributed by atoms with van der Waals surface area (Å²) in [5.41, 5.74) is 2.24. The molecule has 0 spiro atoms. The van der Waals surface area contributed by atoms with Crippen LogP contribution < -0.4 is 34.2 Å². The van der Waals surface area contributed by atoms with Gasteiger partial charge in [-0.25, -0.2) is 9.79 Å². The summed E-state index contributed by atoms with van der Waals surface area (Å²) in [4.78, 5) is 47.3. The van der Waals surface area contributed by atoms with Gasteiger partial charge in [0.25, 0.3) is 11.2 Å². The SMILES string of the molecule is CCOC(=O)C1=C(C)N=c2s/c(=C/c3cc([N+](=O)[O-])ccc3N3CC[NH+](C)CC3)c(=O)n2[C@H]1c1ccc(OC)c(OC)c1. The Hall–Kier alpha value is -4.49. The van der Waals surface area contributed by atoms with Crippen LogP contribution in [0.1, 0.15) is 31.0 Å². The molecule has 1 aromatic heterocycles. The van der Waals surface area contributed by atoms with Crippen LogP contribution in [0.25, 0.3) is 6.08 Å². The van der Waals surface area contributed by atoms with E-state index in [-0.39, 0.29) is 23.4 Å². The van der Waals surface area contributed by atoms with E-state index in [1.54, 1.807) is 44.2 Å². The number of allylic oxidation sites excluding steroid dienone is 1. The zero-order chi connectivity index (χ0) is 30.8. The first-order valence-corrected chi connectivity index (χ1v) is 14.7. The normalized spacial score (nSPS) is 17.4. The molecule has 0 radical (unpaired) electrons. The van der Waals surface area contributed by atoms with Crippen LogP contribution in [-0.2, 0) is 9.53 Å². The minimum Gasteiger partial charge on any atom is -0.493 e. The smallest absolute Gasteiger partial charge is 0.338 e. The lowest BCUT2D eigenvalue weighted by molar-refractivity contribution is -0.880. The molecule has 1 atom stereocenters. The van der Waals surface area contributed by atoms with Crippen LogP contribution in [0, 0.1) is 10.1 Å². The van der Waals surface area contributed by atoms with Crippen molar-refractivity contribution >= 4 is 34.8 Å². The van der Waals surface area contributed by atoms with Gasteiger partial charge in [0.15, 0.2) is 16.3 Å². The van der Waals surface area contributed by atoms with Crippen molar-refractivity contribution in [3.05, 3.63) is 88.6 Å². The number of nitro benzene ring substituents is 1. The second kappa shape index (κ2) is 12.4. The van der Waals surface area contributed by atoms with Gasteiger partial charge in [0.2, 0.25) is 0 Å². The summed E-state index contributed by atoms with van der Waals surface area (Å²) in [6.07, 6.45) is 1.69. The van der Waals surface area contributed by atoms with Gasteiger partial charge in [0.1, 0.15) is 0 Å². The first-order valence-electron chi connectivity index (χ1n) is 13.9. The number of hydrogen-bond acceptors (Lipinski definition) is 10.